The van der Waals surface area contributed by atoms with E-state index in [4.69, 9.17) is 12.2 Å². The van der Waals surface area contributed by atoms with Crippen LogP contribution in [0.2, 0.25) is 0 Å². The molecular formula is C13H14BrFN2S. The number of rotatable bonds is 1. The first-order chi connectivity index (χ1) is 8.32. The molecule has 1 aromatic heterocycles. The van der Waals surface area contributed by atoms with Crippen molar-refractivity contribution in [2.24, 2.45) is 0 Å². The number of aromatic amines is 1. The van der Waals surface area contributed by atoms with E-state index in [-0.39, 0.29) is 11.2 Å². The minimum atomic E-state index is -0.300. The third kappa shape index (κ3) is 2.29. The van der Waals surface area contributed by atoms with Crippen LogP contribution < -0.4 is 0 Å². The molecule has 0 aliphatic rings. The summed E-state index contributed by atoms with van der Waals surface area (Å²) in [6.07, 6.45) is 1.83. The van der Waals surface area contributed by atoms with Crippen molar-refractivity contribution in [3.05, 3.63) is 45.2 Å². The Hall–Kier alpha value is -0.940. The first kappa shape index (κ1) is 13.5. The highest BCUT2D eigenvalue weighted by molar-refractivity contribution is 9.10. The van der Waals surface area contributed by atoms with E-state index in [0.29, 0.717) is 14.9 Å². The molecule has 0 spiro atoms. The molecule has 96 valence electrons. The number of imidazole rings is 1. The van der Waals surface area contributed by atoms with Crippen LogP contribution in [-0.4, -0.2) is 9.55 Å². The first-order valence-electron chi connectivity index (χ1n) is 5.57. The van der Waals surface area contributed by atoms with Gasteiger partial charge >= 0.3 is 0 Å². The number of H-pyrrole nitrogens is 1. The number of benzene rings is 1. The normalized spacial score (nSPS) is 11.8. The summed E-state index contributed by atoms with van der Waals surface area (Å²) in [4.78, 5) is 2.99. The van der Waals surface area contributed by atoms with Crippen LogP contribution in [0.15, 0.2) is 28.9 Å². The van der Waals surface area contributed by atoms with E-state index in [2.05, 4.69) is 41.7 Å². The molecule has 0 saturated heterocycles. The average molecular weight is 329 g/mol. The lowest BCUT2D eigenvalue weighted by atomic mass is 9.92. The Kier molecular flexibility index (Phi) is 3.47. The lowest BCUT2D eigenvalue weighted by Gasteiger charge is -2.21. The van der Waals surface area contributed by atoms with Gasteiger partial charge < -0.3 is 4.98 Å². The van der Waals surface area contributed by atoms with Crippen molar-refractivity contribution in [2.45, 2.75) is 26.2 Å². The second-order valence-electron chi connectivity index (χ2n) is 5.13. The Morgan fingerprint density at radius 3 is 2.56 bits per heavy atom. The Balaban J connectivity index is 2.80. The SMILES string of the molecule is CC(C)(C)c1c[nH]c(=S)n1-c1c(F)cccc1Br. The van der Waals surface area contributed by atoms with Crippen LogP contribution in [0.4, 0.5) is 4.39 Å². The third-order valence-electron chi connectivity index (χ3n) is 2.71. The molecule has 0 amide bonds. The average Bonchev–Trinajstić information content (AvgIpc) is 2.60. The van der Waals surface area contributed by atoms with Crippen LogP contribution in [0.5, 0.6) is 0 Å². The number of nitrogens with zero attached hydrogens (tertiary/aromatic N) is 1. The predicted octanol–water partition coefficient (Wildman–Crippen LogP) is 4.73. The smallest absolute Gasteiger partial charge is 0.182 e. The quantitative estimate of drug-likeness (QED) is 0.750. The molecule has 2 rings (SSSR count). The zero-order chi connectivity index (χ0) is 13.5. The third-order valence-corrected chi connectivity index (χ3v) is 3.65. The second-order valence-corrected chi connectivity index (χ2v) is 6.38. The molecule has 2 nitrogen and oxygen atoms in total. The summed E-state index contributed by atoms with van der Waals surface area (Å²) in [5, 5.41) is 0. The Morgan fingerprint density at radius 2 is 2.00 bits per heavy atom. The van der Waals surface area contributed by atoms with Gasteiger partial charge in [-0.05, 0) is 40.3 Å². The highest BCUT2D eigenvalue weighted by atomic mass is 79.9. The molecule has 5 heteroatoms. The van der Waals surface area contributed by atoms with Crippen LogP contribution in [0.25, 0.3) is 5.69 Å². The van der Waals surface area contributed by atoms with Crippen molar-refractivity contribution in [3.8, 4) is 5.69 Å². The summed E-state index contributed by atoms with van der Waals surface area (Å²) in [6, 6.07) is 4.90. The molecule has 2 aromatic rings. The maximum atomic E-state index is 14.1. The molecular weight excluding hydrogens is 315 g/mol. The van der Waals surface area contributed by atoms with E-state index >= 15 is 0 Å². The topological polar surface area (TPSA) is 20.7 Å². The molecule has 0 fully saturated rings. The van der Waals surface area contributed by atoms with Crippen LogP contribution in [0.3, 0.4) is 0 Å². The van der Waals surface area contributed by atoms with Gasteiger partial charge in [0.15, 0.2) is 4.77 Å². The van der Waals surface area contributed by atoms with E-state index in [1.807, 2.05) is 6.20 Å². The van der Waals surface area contributed by atoms with Crippen molar-refractivity contribution >= 4 is 28.1 Å². The fraction of sp³-hybridized carbons (Fsp3) is 0.308. The summed E-state index contributed by atoms with van der Waals surface area (Å²) in [6.45, 7) is 6.20. The number of para-hydroxylation sites is 1. The van der Waals surface area contributed by atoms with Gasteiger partial charge in [0, 0.05) is 21.8 Å². The molecule has 1 N–H and O–H groups in total. The van der Waals surface area contributed by atoms with Crippen molar-refractivity contribution in [2.75, 3.05) is 0 Å². The van der Waals surface area contributed by atoms with Gasteiger partial charge in [-0.1, -0.05) is 26.8 Å². The fourth-order valence-corrected chi connectivity index (χ4v) is 2.61. The van der Waals surface area contributed by atoms with Gasteiger partial charge in [0.05, 0.1) is 5.69 Å². The zero-order valence-electron chi connectivity index (χ0n) is 10.4. The molecule has 0 atom stereocenters. The van der Waals surface area contributed by atoms with Gasteiger partial charge in [0.25, 0.3) is 0 Å². The predicted molar refractivity (Wildman–Crippen MR) is 77.3 cm³/mol. The number of hydrogen-bond acceptors (Lipinski definition) is 1. The summed E-state index contributed by atoms with van der Waals surface area (Å²) in [5.74, 6) is -0.300. The number of nitrogens with one attached hydrogen (secondary N) is 1. The van der Waals surface area contributed by atoms with E-state index in [0.717, 1.165) is 5.69 Å². The van der Waals surface area contributed by atoms with Gasteiger partial charge in [-0.2, -0.15) is 0 Å². The first-order valence-corrected chi connectivity index (χ1v) is 6.78. The lowest BCUT2D eigenvalue weighted by Crippen LogP contribution is -2.17. The van der Waals surface area contributed by atoms with Gasteiger partial charge in [0.1, 0.15) is 5.82 Å². The molecule has 0 aliphatic heterocycles. The lowest BCUT2D eigenvalue weighted by molar-refractivity contribution is 0.546. The number of halogens is 2. The summed E-state index contributed by atoms with van der Waals surface area (Å²) < 4.78 is 17.0. The van der Waals surface area contributed by atoms with Crippen molar-refractivity contribution < 1.29 is 4.39 Å². The minimum absolute atomic E-state index is 0.130. The number of aromatic nitrogens is 2. The summed E-state index contributed by atoms with van der Waals surface area (Å²) >= 11 is 8.65. The van der Waals surface area contributed by atoms with E-state index in [9.17, 15) is 4.39 Å². The summed E-state index contributed by atoms with van der Waals surface area (Å²) in [5.41, 5.74) is 1.27. The molecule has 1 aromatic carbocycles. The molecule has 0 radical (unpaired) electrons. The highest BCUT2D eigenvalue weighted by Crippen LogP contribution is 2.30. The Morgan fingerprint density at radius 1 is 1.33 bits per heavy atom. The molecule has 0 aliphatic carbocycles. The highest BCUT2D eigenvalue weighted by Gasteiger charge is 2.22. The monoisotopic (exact) mass is 328 g/mol. The molecule has 1 heterocycles. The maximum Gasteiger partial charge on any atom is 0.182 e. The van der Waals surface area contributed by atoms with Crippen LogP contribution in [0.1, 0.15) is 26.5 Å². The summed E-state index contributed by atoms with van der Waals surface area (Å²) in [7, 11) is 0. The van der Waals surface area contributed by atoms with E-state index in [1.54, 1.807) is 16.7 Å². The molecule has 0 unspecified atom stereocenters. The van der Waals surface area contributed by atoms with Crippen LogP contribution in [-0.2, 0) is 5.41 Å². The van der Waals surface area contributed by atoms with Crippen LogP contribution >= 0.6 is 28.1 Å². The Bertz CT molecular complexity index is 617. The van der Waals surface area contributed by atoms with Crippen molar-refractivity contribution in [1.29, 1.82) is 0 Å². The number of hydrogen-bond donors (Lipinski definition) is 1. The minimum Gasteiger partial charge on any atom is -0.337 e. The second kappa shape index (κ2) is 4.63. The van der Waals surface area contributed by atoms with Crippen LogP contribution in [0, 0.1) is 10.6 Å². The van der Waals surface area contributed by atoms with E-state index in [1.165, 1.54) is 6.07 Å². The fourth-order valence-electron chi connectivity index (χ4n) is 1.85. The molecule has 0 bridgehead atoms. The maximum absolute atomic E-state index is 14.1. The van der Waals surface area contributed by atoms with Crippen molar-refractivity contribution in [3.63, 3.8) is 0 Å². The molecule has 18 heavy (non-hydrogen) atoms. The standard InChI is InChI=1S/C13H14BrFN2S/c1-13(2,3)10-7-16-12(18)17(10)11-8(14)5-4-6-9(11)15/h4-7H,1-3H3,(H,16,18). The molecule has 0 saturated carbocycles. The Labute approximate surface area is 119 Å². The largest absolute Gasteiger partial charge is 0.337 e. The van der Waals surface area contributed by atoms with Gasteiger partial charge in [-0.3, -0.25) is 4.57 Å². The van der Waals surface area contributed by atoms with Gasteiger partial charge in [0.2, 0.25) is 0 Å². The van der Waals surface area contributed by atoms with Crippen molar-refractivity contribution in [1.82, 2.24) is 9.55 Å². The van der Waals surface area contributed by atoms with Gasteiger partial charge in [-0.25, -0.2) is 4.39 Å². The zero-order valence-corrected chi connectivity index (χ0v) is 12.8. The van der Waals surface area contributed by atoms with Gasteiger partial charge in [-0.15, -0.1) is 0 Å². The van der Waals surface area contributed by atoms with E-state index < -0.39 is 0 Å².